The Morgan fingerprint density at radius 3 is 2.47 bits per heavy atom. The van der Waals surface area contributed by atoms with Crippen molar-refractivity contribution in [2.75, 3.05) is 41.4 Å². The summed E-state index contributed by atoms with van der Waals surface area (Å²) in [5.74, 6) is -0.789. The minimum Gasteiger partial charge on any atom is -0.507 e. The fraction of sp³-hybridized carbons (Fsp3) is 0.318. The average Bonchev–Trinajstić information content (AvgIpc) is 3.01. The van der Waals surface area contributed by atoms with Gasteiger partial charge in [-0.2, -0.15) is 0 Å². The Labute approximate surface area is 175 Å². The maximum atomic E-state index is 12.9. The molecule has 1 N–H and O–H groups in total. The Bertz CT molecular complexity index is 972. The van der Waals surface area contributed by atoms with E-state index in [0.29, 0.717) is 35.8 Å². The monoisotopic (exact) mass is 411 g/mol. The molecule has 3 rings (SSSR count). The zero-order chi connectivity index (χ0) is 21.8. The highest BCUT2D eigenvalue weighted by Gasteiger charge is 2.46. The van der Waals surface area contributed by atoms with Gasteiger partial charge in [0.1, 0.15) is 11.8 Å². The lowest BCUT2D eigenvalue weighted by molar-refractivity contribution is -0.140. The third-order valence-electron chi connectivity index (χ3n) is 4.95. The molecule has 1 fully saturated rings. The summed E-state index contributed by atoms with van der Waals surface area (Å²) < 4.78 is 10.5. The van der Waals surface area contributed by atoms with Crippen molar-refractivity contribution in [2.45, 2.75) is 6.04 Å². The van der Waals surface area contributed by atoms with Gasteiger partial charge in [-0.3, -0.25) is 14.6 Å². The van der Waals surface area contributed by atoms with Crippen LogP contribution in [0.5, 0.6) is 11.5 Å². The molecule has 0 radical (unpaired) electrons. The number of likely N-dealkylation sites (tertiary alicyclic amines) is 1. The molecule has 0 aliphatic carbocycles. The van der Waals surface area contributed by atoms with Gasteiger partial charge < -0.3 is 24.4 Å². The largest absolute Gasteiger partial charge is 0.507 e. The third-order valence-corrected chi connectivity index (χ3v) is 4.95. The number of ketones is 1. The van der Waals surface area contributed by atoms with Crippen molar-refractivity contribution in [2.24, 2.45) is 0 Å². The smallest absolute Gasteiger partial charge is 0.295 e. The number of methoxy groups -OCH3 is 2. The van der Waals surface area contributed by atoms with E-state index in [2.05, 4.69) is 4.98 Å². The Kier molecular flexibility index (Phi) is 6.37. The van der Waals surface area contributed by atoms with Crippen LogP contribution in [0.4, 0.5) is 0 Å². The second-order valence-electron chi connectivity index (χ2n) is 7.12. The molecule has 1 aromatic carbocycles. The highest BCUT2D eigenvalue weighted by molar-refractivity contribution is 6.46. The highest BCUT2D eigenvalue weighted by Crippen LogP contribution is 2.39. The van der Waals surface area contributed by atoms with Crippen LogP contribution in [0.2, 0.25) is 0 Å². The summed E-state index contributed by atoms with van der Waals surface area (Å²) in [5, 5.41) is 11.1. The number of hydrogen-bond donors (Lipinski definition) is 1. The van der Waals surface area contributed by atoms with E-state index in [1.165, 1.54) is 19.1 Å². The average molecular weight is 411 g/mol. The number of aliphatic hydroxyl groups is 1. The molecule has 1 saturated heterocycles. The zero-order valence-corrected chi connectivity index (χ0v) is 17.5. The first-order valence-electron chi connectivity index (χ1n) is 9.45. The molecule has 0 saturated carbocycles. The first kappa shape index (κ1) is 21.3. The first-order valence-corrected chi connectivity index (χ1v) is 9.45. The summed E-state index contributed by atoms with van der Waals surface area (Å²) in [6.45, 7) is 0.883. The van der Waals surface area contributed by atoms with Crippen LogP contribution in [0.3, 0.4) is 0 Å². The zero-order valence-electron chi connectivity index (χ0n) is 17.5. The van der Waals surface area contributed by atoms with Gasteiger partial charge in [0.15, 0.2) is 11.5 Å². The number of carbonyl (C=O) groups is 2. The standard InChI is InChI=1S/C22H25N3O5/c1-24(2)11-12-25-19(15-7-5-6-10-23-15)18(21(27)22(25)28)20(26)14-8-9-16(29-3)17(13-14)30-4/h5-10,13,19,26H,11-12H2,1-4H3/b20-18+/t19-/m0/s1. The van der Waals surface area contributed by atoms with Crippen LogP contribution < -0.4 is 9.47 Å². The van der Waals surface area contributed by atoms with Gasteiger partial charge in [0.05, 0.1) is 25.5 Å². The van der Waals surface area contributed by atoms with E-state index >= 15 is 0 Å². The Morgan fingerprint density at radius 1 is 1.13 bits per heavy atom. The van der Waals surface area contributed by atoms with Gasteiger partial charge in [0.25, 0.3) is 11.7 Å². The van der Waals surface area contributed by atoms with E-state index in [0.717, 1.165) is 0 Å². The summed E-state index contributed by atoms with van der Waals surface area (Å²) >= 11 is 0. The van der Waals surface area contributed by atoms with E-state index in [4.69, 9.17) is 9.47 Å². The van der Waals surface area contributed by atoms with Crippen molar-refractivity contribution in [1.29, 1.82) is 0 Å². The number of nitrogens with zero attached hydrogens (tertiary/aromatic N) is 3. The summed E-state index contributed by atoms with van der Waals surface area (Å²) in [4.78, 5) is 33.5. The minimum absolute atomic E-state index is 0.00433. The molecule has 1 aliphatic rings. The number of aromatic nitrogens is 1. The maximum absolute atomic E-state index is 12.9. The predicted octanol–water partition coefficient (Wildman–Crippen LogP) is 2.08. The lowest BCUT2D eigenvalue weighted by Crippen LogP contribution is -2.35. The number of amides is 1. The van der Waals surface area contributed by atoms with Crippen molar-refractivity contribution in [3.8, 4) is 11.5 Å². The van der Waals surface area contributed by atoms with Crippen LogP contribution in [-0.4, -0.2) is 73.0 Å². The number of aliphatic hydroxyl groups excluding tert-OH is 1. The molecule has 8 heteroatoms. The SMILES string of the molecule is COc1ccc(/C(O)=C2\C(=O)C(=O)N(CCN(C)C)[C@H]2c2ccccn2)cc1OC. The number of likely N-dealkylation sites (N-methyl/N-ethyl adjacent to an activating group) is 1. The third kappa shape index (κ3) is 3.99. The fourth-order valence-electron chi connectivity index (χ4n) is 3.40. The van der Waals surface area contributed by atoms with Gasteiger partial charge in [-0.15, -0.1) is 0 Å². The van der Waals surface area contributed by atoms with Crippen LogP contribution in [0, 0.1) is 0 Å². The molecular formula is C22H25N3O5. The van der Waals surface area contributed by atoms with Gasteiger partial charge >= 0.3 is 0 Å². The predicted molar refractivity (Wildman–Crippen MR) is 111 cm³/mol. The van der Waals surface area contributed by atoms with Crippen molar-refractivity contribution in [3.05, 3.63) is 59.4 Å². The van der Waals surface area contributed by atoms with Crippen molar-refractivity contribution < 1.29 is 24.2 Å². The Hall–Kier alpha value is -3.39. The molecule has 1 amide bonds. The molecule has 158 valence electrons. The minimum atomic E-state index is -0.778. The second kappa shape index (κ2) is 8.96. The summed E-state index contributed by atoms with van der Waals surface area (Å²) in [5.41, 5.74) is 0.862. The number of benzene rings is 1. The van der Waals surface area contributed by atoms with Gasteiger partial charge in [-0.05, 0) is 44.4 Å². The van der Waals surface area contributed by atoms with Crippen LogP contribution in [-0.2, 0) is 9.59 Å². The van der Waals surface area contributed by atoms with E-state index < -0.39 is 17.7 Å². The number of hydrogen-bond acceptors (Lipinski definition) is 7. The Balaban J connectivity index is 2.14. The topological polar surface area (TPSA) is 92.2 Å². The van der Waals surface area contributed by atoms with Crippen molar-refractivity contribution in [3.63, 3.8) is 0 Å². The molecule has 1 aliphatic heterocycles. The normalized spacial score (nSPS) is 18.2. The highest BCUT2D eigenvalue weighted by atomic mass is 16.5. The van der Waals surface area contributed by atoms with E-state index in [1.54, 1.807) is 42.6 Å². The Morgan fingerprint density at radius 2 is 1.87 bits per heavy atom. The van der Waals surface area contributed by atoms with Crippen LogP contribution >= 0.6 is 0 Å². The number of rotatable bonds is 7. The molecule has 1 atom stereocenters. The van der Waals surface area contributed by atoms with Gasteiger partial charge in [0, 0.05) is 24.8 Å². The molecule has 2 aromatic rings. The summed E-state index contributed by atoms with van der Waals surface area (Å²) in [6, 6.07) is 9.30. The number of ether oxygens (including phenoxy) is 2. The molecular weight excluding hydrogens is 386 g/mol. The number of Topliss-reactive ketones (excluding diaryl/α,β-unsaturated/α-hetero) is 1. The summed E-state index contributed by atoms with van der Waals surface area (Å²) in [7, 11) is 6.76. The molecule has 30 heavy (non-hydrogen) atoms. The van der Waals surface area contributed by atoms with E-state index in [1.807, 2.05) is 19.0 Å². The second-order valence-corrected chi connectivity index (χ2v) is 7.12. The molecule has 1 aromatic heterocycles. The molecule has 0 spiro atoms. The lowest BCUT2D eigenvalue weighted by atomic mass is 9.98. The van der Waals surface area contributed by atoms with E-state index in [-0.39, 0.29) is 11.3 Å². The molecule has 0 bridgehead atoms. The number of pyridine rings is 1. The van der Waals surface area contributed by atoms with Gasteiger partial charge in [-0.25, -0.2) is 0 Å². The molecule has 0 unspecified atom stereocenters. The maximum Gasteiger partial charge on any atom is 0.295 e. The molecule has 2 heterocycles. The lowest BCUT2D eigenvalue weighted by Gasteiger charge is -2.25. The quantitative estimate of drug-likeness (QED) is 0.424. The van der Waals surface area contributed by atoms with Crippen LogP contribution in [0.1, 0.15) is 17.3 Å². The molecule has 8 nitrogen and oxygen atoms in total. The van der Waals surface area contributed by atoms with Gasteiger partial charge in [-0.1, -0.05) is 6.07 Å². The van der Waals surface area contributed by atoms with Crippen molar-refractivity contribution >= 4 is 17.4 Å². The van der Waals surface area contributed by atoms with Crippen LogP contribution in [0.25, 0.3) is 5.76 Å². The van der Waals surface area contributed by atoms with Gasteiger partial charge in [0.2, 0.25) is 0 Å². The fourth-order valence-corrected chi connectivity index (χ4v) is 3.40. The number of carbonyl (C=O) groups excluding carboxylic acids is 2. The van der Waals surface area contributed by atoms with E-state index in [9.17, 15) is 14.7 Å². The van der Waals surface area contributed by atoms with Crippen molar-refractivity contribution in [1.82, 2.24) is 14.8 Å². The summed E-state index contributed by atoms with van der Waals surface area (Å²) in [6.07, 6.45) is 1.60. The van der Waals surface area contributed by atoms with Crippen LogP contribution in [0.15, 0.2) is 48.2 Å². The first-order chi connectivity index (χ1) is 14.4.